The molecule has 0 fully saturated rings. The molecule has 0 atom stereocenters. The van der Waals surface area contributed by atoms with Crippen LogP contribution in [0, 0.1) is 0 Å². The summed E-state index contributed by atoms with van der Waals surface area (Å²) in [5, 5.41) is 17.6. The average Bonchev–Trinajstić information content (AvgIpc) is 2.03. The van der Waals surface area contributed by atoms with Gasteiger partial charge in [0.1, 0.15) is 11.6 Å². The highest BCUT2D eigenvalue weighted by Gasteiger charge is 2.17. The summed E-state index contributed by atoms with van der Waals surface area (Å²) in [5.41, 5.74) is 5.55. The van der Waals surface area contributed by atoms with Gasteiger partial charge >= 0.3 is 7.12 Å². The van der Waals surface area contributed by atoms with E-state index in [-0.39, 0.29) is 11.3 Å². The van der Waals surface area contributed by atoms with Crippen molar-refractivity contribution < 1.29 is 14.8 Å². The van der Waals surface area contributed by atoms with Crippen molar-refractivity contribution in [2.24, 2.45) is 0 Å². The van der Waals surface area contributed by atoms with E-state index in [9.17, 15) is 0 Å². The van der Waals surface area contributed by atoms with E-state index in [1.807, 2.05) is 0 Å². The predicted molar refractivity (Wildman–Crippen MR) is 45.0 cm³/mol. The highest BCUT2D eigenvalue weighted by Crippen LogP contribution is 2.08. The monoisotopic (exact) mass is 168 g/mol. The van der Waals surface area contributed by atoms with Crippen LogP contribution in [0.1, 0.15) is 0 Å². The van der Waals surface area contributed by atoms with E-state index in [2.05, 4.69) is 4.98 Å². The minimum absolute atomic E-state index is 0.201. The van der Waals surface area contributed by atoms with E-state index in [0.717, 1.165) is 0 Å². The van der Waals surface area contributed by atoms with Crippen LogP contribution in [0.4, 0.5) is 5.82 Å². The smallest absolute Gasteiger partial charge is 0.493 e. The van der Waals surface area contributed by atoms with E-state index in [0.29, 0.717) is 5.75 Å². The van der Waals surface area contributed by atoms with Crippen molar-refractivity contribution in [2.45, 2.75) is 0 Å². The molecule has 0 aliphatic carbocycles. The molecule has 5 nitrogen and oxygen atoms in total. The summed E-state index contributed by atoms with van der Waals surface area (Å²) in [6.07, 6.45) is 1.26. The van der Waals surface area contributed by atoms with Gasteiger partial charge in [-0.3, -0.25) is 0 Å². The van der Waals surface area contributed by atoms with E-state index < -0.39 is 7.12 Å². The third kappa shape index (κ3) is 1.66. The fourth-order valence-electron chi connectivity index (χ4n) is 0.833. The largest absolute Gasteiger partial charge is 0.497 e. The van der Waals surface area contributed by atoms with Gasteiger partial charge in [-0.1, -0.05) is 0 Å². The number of rotatable bonds is 2. The van der Waals surface area contributed by atoms with Crippen LogP contribution in [-0.2, 0) is 0 Å². The van der Waals surface area contributed by atoms with Gasteiger partial charge in [-0.2, -0.15) is 0 Å². The Kier molecular flexibility index (Phi) is 2.52. The van der Waals surface area contributed by atoms with Gasteiger partial charge in [0.25, 0.3) is 0 Å². The van der Waals surface area contributed by atoms with Crippen LogP contribution in [0.3, 0.4) is 0 Å². The number of ether oxygens (including phenoxy) is 1. The van der Waals surface area contributed by atoms with Crippen molar-refractivity contribution >= 4 is 18.4 Å². The molecule has 0 amide bonds. The molecule has 0 aromatic carbocycles. The zero-order valence-corrected chi connectivity index (χ0v) is 6.56. The Labute approximate surface area is 70.0 Å². The maximum Gasteiger partial charge on any atom is 0.493 e. The minimum Gasteiger partial charge on any atom is -0.497 e. The molecular weight excluding hydrogens is 159 g/mol. The van der Waals surface area contributed by atoms with Crippen molar-refractivity contribution in [1.82, 2.24) is 4.98 Å². The summed E-state index contributed by atoms with van der Waals surface area (Å²) in [7, 11) is -0.172. The second kappa shape index (κ2) is 3.42. The first kappa shape index (κ1) is 8.83. The molecule has 4 N–H and O–H groups in total. The van der Waals surface area contributed by atoms with Gasteiger partial charge in [-0.05, 0) is 0 Å². The Morgan fingerprint density at radius 2 is 2.25 bits per heavy atom. The van der Waals surface area contributed by atoms with Crippen LogP contribution in [0.5, 0.6) is 5.75 Å². The molecule has 0 radical (unpaired) electrons. The van der Waals surface area contributed by atoms with Crippen LogP contribution in [0.25, 0.3) is 0 Å². The van der Waals surface area contributed by atoms with Gasteiger partial charge in [0.05, 0.1) is 7.11 Å². The van der Waals surface area contributed by atoms with Crippen molar-refractivity contribution in [1.29, 1.82) is 0 Å². The minimum atomic E-state index is -1.59. The lowest BCUT2D eigenvalue weighted by Crippen LogP contribution is -2.31. The molecule has 0 bridgehead atoms. The quantitative estimate of drug-likeness (QED) is 0.460. The molecule has 0 unspecified atom stereocenters. The Balaban J connectivity index is 3.11. The molecule has 0 spiro atoms. The molecule has 0 aliphatic heterocycles. The topological polar surface area (TPSA) is 88.6 Å². The molecule has 1 aromatic heterocycles. The molecule has 6 heteroatoms. The molecule has 12 heavy (non-hydrogen) atoms. The Morgan fingerprint density at radius 1 is 1.58 bits per heavy atom. The fraction of sp³-hybridized carbons (Fsp3) is 0.167. The highest BCUT2D eigenvalue weighted by molar-refractivity contribution is 6.59. The van der Waals surface area contributed by atoms with Crippen molar-refractivity contribution in [3.05, 3.63) is 12.3 Å². The van der Waals surface area contributed by atoms with Crippen LogP contribution in [0.15, 0.2) is 12.3 Å². The van der Waals surface area contributed by atoms with Crippen LogP contribution < -0.4 is 15.9 Å². The summed E-state index contributed by atoms with van der Waals surface area (Å²) < 4.78 is 4.85. The normalized spacial score (nSPS) is 9.58. The van der Waals surface area contributed by atoms with Crippen LogP contribution in [0.2, 0.25) is 0 Å². The third-order valence-corrected chi connectivity index (χ3v) is 1.41. The second-order valence-electron chi connectivity index (χ2n) is 2.22. The molecule has 0 saturated carbocycles. The standard InChI is InChI=1S/C6H9BN2O3/c1-12-5-2-6(8)9-3-4(5)7(10)11/h2-3,10-11H,1H3,(H2,8,9). The predicted octanol–water partition coefficient (Wildman–Crippen LogP) is -1.65. The Hall–Kier alpha value is -1.27. The molecule has 1 heterocycles. The summed E-state index contributed by atoms with van der Waals surface area (Å²) >= 11 is 0. The third-order valence-electron chi connectivity index (χ3n) is 1.41. The van der Waals surface area contributed by atoms with E-state index in [1.54, 1.807) is 0 Å². The summed E-state index contributed by atoms with van der Waals surface area (Å²) in [4.78, 5) is 3.69. The van der Waals surface area contributed by atoms with Crippen LogP contribution >= 0.6 is 0 Å². The molecule has 64 valence electrons. The number of hydrogen-bond acceptors (Lipinski definition) is 5. The number of pyridine rings is 1. The number of nitrogens with zero attached hydrogens (tertiary/aromatic N) is 1. The first-order valence-corrected chi connectivity index (χ1v) is 3.30. The lowest BCUT2D eigenvalue weighted by atomic mass is 9.81. The number of methoxy groups -OCH3 is 1. The van der Waals surface area contributed by atoms with Gasteiger partial charge < -0.3 is 20.5 Å². The Bertz CT molecular complexity index is 279. The maximum atomic E-state index is 8.82. The molecule has 1 aromatic rings. The first-order chi connectivity index (χ1) is 5.65. The Morgan fingerprint density at radius 3 is 2.75 bits per heavy atom. The molecule has 0 aliphatic rings. The van der Waals surface area contributed by atoms with E-state index >= 15 is 0 Å². The number of nitrogens with two attached hydrogens (primary N) is 1. The number of aromatic nitrogens is 1. The van der Waals surface area contributed by atoms with E-state index in [4.69, 9.17) is 20.5 Å². The van der Waals surface area contributed by atoms with Crippen molar-refractivity contribution in [2.75, 3.05) is 12.8 Å². The lowest BCUT2D eigenvalue weighted by Gasteiger charge is -2.06. The van der Waals surface area contributed by atoms with Gasteiger partial charge in [0.2, 0.25) is 0 Å². The maximum absolute atomic E-state index is 8.82. The van der Waals surface area contributed by atoms with Crippen molar-refractivity contribution in [3.63, 3.8) is 0 Å². The molecule has 1 rings (SSSR count). The summed E-state index contributed by atoms with van der Waals surface area (Å²) in [5.74, 6) is 0.591. The van der Waals surface area contributed by atoms with Gasteiger partial charge in [0.15, 0.2) is 0 Å². The first-order valence-electron chi connectivity index (χ1n) is 3.30. The van der Waals surface area contributed by atoms with Crippen LogP contribution in [-0.4, -0.2) is 29.3 Å². The number of anilines is 1. The fourth-order valence-corrected chi connectivity index (χ4v) is 0.833. The zero-order valence-electron chi connectivity index (χ0n) is 6.56. The highest BCUT2D eigenvalue weighted by atomic mass is 16.5. The van der Waals surface area contributed by atoms with Gasteiger partial charge in [-0.25, -0.2) is 4.98 Å². The number of nitrogen functional groups attached to an aromatic ring is 1. The summed E-state index contributed by atoms with van der Waals surface area (Å²) in [6, 6.07) is 1.43. The summed E-state index contributed by atoms with van der Waals surface area (Å²) in [6.45, 7) is 0. The second-order valence-corrected chi connectivity index (χ2v) is 2.22. The zero-order chi connectivity index (χ0) is 9.14. The lowest BCUT2D eigenvalue weighted by molar-refractivity contribution is 0.403. The van der Waals surface area contributed by atoms with E-state index in [1.165, 1.54) is 19.4 Å². The number of hydrogen-bond donors (Lipinski definition) is 3. The SMILES string of the molecule is COc1cc(N)ncc1B(O)O. The molecular formula is C6H9BN2O3. The van der Waals surface area contributed by atoms with Gasteiger partial charge in [-0.15, -0.1) is 0 Å². The van der Waals surface area contributed by atoms with Crippen molar-refractivity contribution in [3.8, 4) is 5.75 Å². The van der Waals surface area contributed by atoms with Gasteiger partial charge in [0, 0.05) is 17.7 Å². The molecule has 0 saturated heterocycles. The average molecular weight is 168 g/mol.